The molecule has 7 nitrogen and oxygen atoms in total. The smallest absolute Gasteiger partial charge is 0.251 e. The van der Waals surface area contributed by atoms with E-state index in [4.69, 9.17) is 0 Å². The Hall–Kier alpha value is -2.06. The van der Waals surface area contributed by atoms with Crippen LogP contribution in [0.3, 0.4) is 0 Å². The van der Waals surface area contributed by atoms with E-state index in [0.717, 1.165) is 31.1 Å². The second kappa shape index (κ2) is 8.55. The summed E-state index contributed by atoms with van der Waals surface area (Å²) in [5, 5.41) is 8.89. The van der Waals surface area contributed by atoms with Gasteiger partial charge in [-0.1, -0.05) is 0 Å². The molecular weight excluding hydrogens is 352 g/mol. The first kappa shape index (κ1) is 18.7. The zero-order valence-corrected chi connectivity index (χ0v) is 15.6. The van der Waals surface area contributed by atoms with Crippen molar-refractivity contribution in [2.75, 3.05) is 36.6 Å². The van der Waals surface area contributed by atoms with Gasteiger partial charge in [-0.15, -0.1) is 11.8 Å². The summed E-state index contributed by atoms with van der Waals surface area (Å²) >= 11 is 1.78. The van der Waals surface area contributed by atoms with E-state index in [1.165, 1.54) is 6.92 Å². The van der Waals surface area contributed by atoms with Crippen LogP contribution in [-0.4, -0.2) is 59.9 Å². The van der Waals surface area contributed by atoms with Gasteiger partial charge in [-0.05, 0) is 36.6 Å². The van der Waals surface area contributed by atoms with Crippen LogP contribution < -0.4 is 16.0 Å². The van der Waals surface area contributed by atoms with Gasteiger partial charge in [-0.25, -0.2) is 0 Å². The Morgan fingerprint density at radius 3 is 2.69 bits per heavy atom. The van der Waals surface area contributed by atoms with Gasteiger partial charge in [0.25, 0.3) is 5.91 Å². The lowest BCUT2D eigenvalue weighted by atomic mass is 10.0. The van der Waals surface area contributed by atoms with E-state index in [1.807, 2.05) is 4.90 Å². The first-order valence-corrected chi connectivity index (χ1v) is 9.94. The number of anilines is 1. The summed E-state index contributed by atoms with van der Waals surface area (Å²) < 4.78 is 0. The van der Waals surface area contributed by atoms with E-state index < -0.39 is 0 Å². The summed E-state index contributed by atoms with van der Waals surface area (Å²) in [6, 6.07) is 6.65. The molecule has 2 atom stereocenters. The molecule has 8 heteroatoms. The summed E-state index contributed by atoms with van der Waals surface area (Å²) in [7, 11) is 0. The summed E-state index contributed by atoms with van der Waals surface area (Å²) in [6.07, 6.45) is 0.752. The molecule has 1 aromatic carbocycles. The molecule has 2 aliphatic heterocycles. The van der Waals surface area contributed by atoms with Crippen LogP contribution in [0.1, 0.15) is 23.7 Å². The van der Waals surface area contributed by atoms with Gasteiger partial charge >= 0.3 is 0 Å². The highest BCUT2D eigenvalue weighted by molar-refractivity contribution is 7.99. The number of hydrogen-bond donors (Lipinski definition) is 3. The molecule has 2 saturated heterocycles. The van der Waals surface area contributed by atoms with Crippen molar-refractivity contribution in [2.45, 2.75) is 19.4 Å². The Morgan fingerprint density at radius 1 is 1.27 bits per heavy atom. The summed E-state index contributed by atoms with van der Waals surface area (Å²) in [5.74, 6) is 1.93. The molecule has 0 unspecified atom stereocenters. The number of carbonyl (C=O) groups is 3. The Morgan fingerprint density at radius 2 is 2.04 bits per heavy atom. The van der Waals surface area contributed by atoms with Crippen molar-refractivity contribution < 1.29 is 14.4 Å². The number of rotatable bonds is 5. The standard InChI is InChI=1S/C18H24N4O3S/c1-12(23)21-15-4-2-14(3-5-15)17(24)20-10-13-8-16(19-9-13)18(25)22-6-7-26-11-22/h2-5,13,16,19H,6-11H2,1H3,(H,20,24)(H,21,23)/t13-,16-/m0/s1. The van der Waals surface area contributed by atoms with Crippen LogP contribution in [-0.2, 0) is 9.59 Å². The van der Waals surface area contributed by atoms with E-state index in [0.29, 0.717) is 17.8 Å². The van der Waals surface area contributed by atoms with Crippen molar-refractivity contribution in [3.63, 3.8) is 0 Å². The molecule has 0 spiro atoms. The number of thioether (sulfide) groups is 1. The van der Waals surface area contributed by atoms with E-state index in [1.54, 1.807) is 36.0 Å². The molecule has 0 saturated carbocycles. The van der Waals surface area contributed by atoms with Crippen LogP contribution in [0.5, 0.6) is 0 Å². The molecule has 140 valence electrons. The molecule has 2 aliphatic rings. The van der Waals surface area contributed by atoms with Crippen molar-refractivity contribution in [1.29, 1.82) is 0 Å². The fourth-order valence-electron chi connectivity index (χ4n) is 3.21. The maximum atomic E-state index is 12.4. The average molecular weight is 376 g/mol. The SMILES string of the molecule is CC(=O)Nc1ccc(C(=O)NC[C@@H]2CN[C@H](C(=O)N3CCSC3)C2)cc1. The molecular formula is C18H24N4O3S. The second-order valence-corrected chi connectivity index (χ2v) is 7.74. The number of carbonyl (C=O) groups excluding carboxylic acids is 3. The van der Waals surface area contributed by atoms with Gasteiger partial charge in [-0.3, -0.25) is 14.4 Å². The first-order chi connectivity index (χ1) is 12.5. The second-order valence-electron chi connectivity index (χ2n) is 6.67. The lowest BCUT2D eigenvalue weighted by molar-refractivity contribution is -0.131. The van der Waals surface area contributed by atoms with Gasteiger partial charge in [0.1, 0.15) is 0 Å². The molecule has 26 heavy (non-hydrogen) atoms. The predicted octanol–water partition coefficient (Wildman–Crippen LogP) is 0.886. The van der Waals surface area contributed by atoms with Crippen LogP contribution >= 0.6 is 11.8 Å². The molecule has 2 heterocycles. The third-order valence-electron chi connectivity index (χ3n) is 4.60. The largest absolute Gasteiger partial charge is 0.352 e. The lowest BCUT2D eigenvalue weighted by Crippen LogP contribution is -2.42. The number of hydrogen-bond acceptors (Lipinski definition) is 5. The van der Waals surface area contributed by atoms with E-state index >= 15 is 0 Å². The van der Waals surface area contributed by atoms with Gasteiger partial charge in [0.05, 0.1) is 11.9 Å². The van der Waals surface area contributed by atoms with Gasteiger partial charge < -0.3 is 20.9 Å². The van der Waals surface area contributed by atoms with Crippen molar-refractivity contribution in [2.24, 2.45) is 5.92 Å². The third kappa shape index (κ3) is 4.76. The predicted molar refractivity (Wildman–Crippen MR) is 102 cm³/mol. The van der Waals surface area contributed by atoms with Crippen LogP contribution in [0.2, 0.25) is 0 Å². The Balaban J connectivity index is 1.44. The minimum Gasteiger partial charge on any atom is -0.352 e. The van der Waals surface area contributed by atoms with Gasteiger partial charge in [0.2, 0.25) is 11.8 Å². The number of benzene rings is 1. The number of nitrogens with one attached hydrogen (secondary N) is 3. The molecule has 0 aliphatic carbocycles. The number of amides is 3. The van der Waals surface area contributed by atoms with E-state index in [2.05, 4.69) is 16.0 Å². The minimum absolute atomic E-state index is 0.132. The Bertz CT molecular complexity index is 674. The van der Waals surface area contributed by atoms with Gasteiger partial charge in [0, 0.05) is 43.6 Å². The van der Waals surface area contributed by atoms with Crippen LogP contribution in [0, 0.1) is 5.92 Å². The maximum absolute atomic E-state index is 12.4. The van der Waals surface area contributed by atoms with Crippen molar-refractivity contribution in [3.8, 4) is 0 Å². The van der Waals surface area contributed by atoms with E-state index in [9.17, 15) is 14.4 Å². The third-order valence-corrected chi connectivity index (χ3v) is 5.57. The quantitative estimate of drug-likeness (QED) is 0.710. The van der Waals surface area contributed by atoms with E-state index in [-0.39, 0.29) is 29.7 Å². The maximum Gasteiger partial charge on any atom is 0.251 e. The normalized spacial score (nSPS) is 22.3. The Kier molecular flexibility index (Phi) is 6.16. The lowest BCUT2D eigenvalue weighted by Gasteiger charge is -2.19. The average Bonchev–Trinajstić information content (AvgIpc) is 3.31. The minimum atomic E-state index is -0.148. The van der Waals surface area contributed by atoms with Gasteiger partial charge in [0.15, 0.2) is 0 Å². The topological polar surface area (TPSA) is 90.5 Å². The van der Waals surface area contributed by atoms with Crippen molar-refractivity contribution in [3.05, 3.63) is 29.8 Å². The zero-order chi connectivity index (χ0) is 18.5. The summed E-state index contributed by atoms with van der Waals surface area (Å²) in [6.45, 7) is 3.55. The molecule has 0 bridgehead atoms. The Labute approximate surface area is 157 Å². The molecule has 3 N–H and O–H groups in total. The van der Waals surface area contributed by atoms with Crippen LogP contribution in [0.4, 0.5) is 5.69 Å². The highest BCUT2D eigenvalue weighted by Crippen LogP contribution is 2.20. The molecule has 0 aromatic heterocycles. The molecule has 3 rings (SSSR count). The molecule has 2 fully saturated rings. The summed E-state index contributed by atoms with van der Waals surface area (Å²) in [4.78, 5) is 37.6. The molecule has 1 aromatic rings. The number of nitrogens with zero attached hydrogens (tertiary/aromatic N) is 1. The monoisotopic (exact) mass is 376 g/mol. The van der Waals surface area contributed by atoms with Crippen LogP contribution in [0.15, 0.2) is 24.3 Å². The highest BCUT2D eigenvalue weighted by atomic mass is 32.2. The fraction of sp³-hybridized carbons (Fsp3) is 0.500. The summed E-state index contributed by atoms with van der Waals surface area (Å²) in [5.41, 5.74) is 1.21. The first-order valence-electron chi connectivity index (χ1n) is 8.78. The molecule has 3 amide bonds. The fourth-order valence-corrected chi connectivity index (χ4v) is 4.16. The van der Waals surface area contributed by atoms with Gasteiger partial charge in [-0.2, -0.15) is 0 Å². The molecule has 0 radical (unpaired) electrons. The van der Waals surface area contributed by atoms with Crippen LogP contribution in [0.25, 0.3) is 0 Å². The van der Waals surface area contributed by atoms with Crippen molar-refractivity contribution >= 4 is 35.2 Å². The zero-order valence-electron chi connectivity index (χ0n) is 14.8. The highest BCUT2D eigenvalue weighted by Gasteiger charge is 2.33. The van der Waals surface area contributed by atoms with Crippen molar-refractivity contribution in [1.82, 2.24) is 15.5 Å².